The van der Waals surface area contributed by atoms with Gasteiger partial charge in [-0.05, 0) is 35.4 Å². The molecule has 0 aliphatic carbocycles. The van der Waals surface area contributed by atoms with Gasteiger partial charge in [0.2, 0.25) is 5.91 Å². The Kier molecular flexibility index (Phi) is 6.32. The Morgan fingerprint density at radius 1 is 0.821 bits per heavy atom. The van der Waals surface area contributed by atoms with E-state index in [9.17, 15) is 35.9 Å². The molecule has 2 aromatic rings. The first-order valence-corrected chi connectivity index (χ1v) is 7.85. The molecule has 2 amide bonds. The van der Waals surface area contributed by atoms with Gasteiger partial charge >= 0.3 is 12.4 Å². The number of alkyl halides is 6. The van der Waals surface area contributed by atoms with Crippen molar-refractivity contribution in [3.63, 3.8) is 0 Å². The molecule has 2 rings (SSSR count). The van der Waals surface area contributed by atoms with Crippen molar-refractivity contribution in [3.05, 3.63) is 59.7 Å². The number of rotatable bonds is 5. The van der Waals surface area contributed by atoms with Crippen molar-refractivity contribution in [2.24, 2.45) is 0 Å². The van der Waals surface area contributed by atoms with Crippen molar-refractivity contribution >= 4 is 11.8 Å². The van der Waals surface area contributed by atoms with E-state index in [1.165, 1.54) is 30.3 Å². The lowest BCUT2D eigenvalue weighted by molar-refractivity contribution is -0.137. The van der Waals surface area contributed by atoms with Gasteiger partial charge in [-0.25, -0.2) is 0 Å². The number of carbonyl (C=O) groups is 2. The average Bonchev–Trinajstić information content (AvgIpc) is 2.63. The lowest BCUT2D eigenvalue weighted by atomic mass is 10.0. The van der Waals surface area contributed by atoms with Gasteiger partial charge in [-0.15, -0.1) is 0 Å². The number of hydrogen-bond acceptors (Lipinski definition) is 2. The van der Waals surface area contributed by atoms with Crippen LogP contribution >= 0.6 is 0 Å². The van der Waals surface area contributed by atoms with Gasteiger partial charge in [0.1, 0.15) is 6.54 Å². The smallest absolute Gasteiger partial charge is 0.345 e. The van der Waals surface area contributed by atoms with E-state index >= 15 is 0 Å². The van der Waals surface area contributed by atoms with Crippen LogP contribution in [0.4, 0.5) is 26.3 Å². The molecule has 0 atom stereocenters. The van der Waals surface area contributed by atoms with Crippen LogP contribution in [0.25, 0.3) is 11.1 Å². The molecular weight excluding hydrogens is 390 g/mol. The van der Waals surface area contributed by atoms with Gasteiger partial charge in [-0.1, -0.05) is 24.3 Å². The van der Waals surface area contributed by atoms with E-state index in [0.717, 1.165) is 12.1 Å². The third-order valence-corrected chi connectivity index (χ3v) is 3.57. The fourth-order valence-corrected chi connectivity index (χ4v) is 2.22. The molecule has 0 fully saturated rings. The molecule has 0 heterocycles. The first-order chi connectivity index (χ1) is 13.0. The lowest BCUT2D eigenvalue weighted by Gasteiger charge is -2.10. The topological polar surface area (TPSA) is 58.2 Å². The highest BCUT2D eigenvalue weighted by atomic mass is 19.4. The van der Waals surface area contributed by atoms with E-state index in [1.807, 2.05) is 0 Å². The van der Waals surface area contributed by atoms with E-state index < -0.39 is 42.8 Å². The van der Waals surface area contributed by atoms with E-state index in [4.69, 9.17) is 0 Å². The first kappa shape index (κ1) is 21.3. The predicted molar refractivity (Wildman–Crippen MR) is 88.3 cm³/mol. The van der Waals surface area contributed by atoms with Crippen molar-refractivity contribution in [2.45, 2.75) is 12.4 Å². The van der Waals surface area contributed by atoms with E-state index in [2.05, 4.69) is 5.32 Å². The second-order valence-electron chi connectivity index (χ2n) is 5.73. The zero-order chi connectivity index (χ0) is 20.9. The van der Waals surface area contributed by atoms with Crippen LogP contribution in [0.15, 0.2) is 48.5 Å². The monoisotopic (exact) mass is 404 g/mol. The second kappa shape index (κ2) is 8.32. The Morgan fingerprint density at radius 3 is 2.04 bits per heavy atom. The van der Waals surface area contributed by atoms with Gasteiger partial charge in [0, 0.05) is 5.56 Å². The molecule has 10 heteroatoms. The summed E-state index contributed by atoms with van der Waals surface area (Å²) in [7, 11) is 0. The minimum Gasteiger partial charge on any atom is -0.345 e. The average molecular weight is 404 g/mol. The van der Waals surface area contributed by atoms with Gasteiger partial charge < -0.3 is 10.6 Å². The van der Waals surface area contributed by atoms with Crippen LogP contribution in [-0.4, -0.2) is 31.1 Å². The lowest BCUT2D eigenvalue weighted by Crippen LogP contribution is -2.40. The molecule has 0 radical (unpaired) electrons. The van der Waals surface area contributed by atoms with Crippen molar-refractivity contribution in [1.29, 1.82) is 0 Å². The van der Waals surface area contributed by atoms with Gasteiger partial charge in [0.25, 0.3) is 5.91 Å². The maximum atomic E-state index is 12.6. The summed E-state index contributed by atoms with van der Waals surface area (Å²) < 4.78 is 73.9. The zero-order valence-electron chi connectivity index (χ0n) is 14.1. The first-order valence-electron chi connectivity index (χ1n) is 7.85. The number of hydrogen-bond donors (Lipinski definition) is 2. The number of amides is 2. The van der Waals surface area contributed by atoms with Crippen LogP contribution in [0.3, 0.4) is 0 Å². The molecule has 150 valence electrons. The Bertz CT molecular complexity index is 844. The molecule has 0 spiro atoms. The van der Waals surface area contributed by atoms with Crippen LogP contribution in [0.2, 0.25) is 0 Å². The summed E-state index contributed by atoms with van der Waals surface area (Å²) in [6.45, 7) is -2.16. The van der Waals surface area contributed by atoms with Crippen molar-refractivity contribution in [2.75, 3.05) is 13.1 Å². The number of nitrogens with one attached hydrogen (secondary N) is 2. The third-order valence-electron chi connectivity index (χ3n) is 3.57. The molecule has 0 aromatic heterocycles. The minimum absolute atomic E-state index is 0.0982. The highest BCUT2D eigenvalue weighted by Gasteiger charge is 2.30. The van der Waals surface area contributed by atoms with Crippen molar-refractivity contribution < 1.29 is 35.9 Å². The molecule has 0 aliphatic heterocycles. The Balaban J connectivity index is 2.02. The fraction of sp³-hybridized carbons (Fsp3) is 0.222. The van der Waals surface area contributed by atoms with Crippen LogP contribution in [-0.2, 0) is 11.0 Å². The summed E-state index contributed by atoms with van der Waals surface area (Å²) in [5, 5.41) is 3.79. The van der Waals surface area contributed by atoms with E-state index in [0.29, 0.717) is 11.1 Å². The fourth-order valence-electron chi connectivity index (χ4n) is 2.22. The number of benzene rings is 2. The summed E-state index contributed by atoms with van der Waals surface area (Å²) in [4.78, 5) is 23.4. The standard InChI is InChI=1S/C18H14F6N2O2/c19-17(20,21)10-26-15(27)9-25-16(28)13-3-1-2-12(8-13)11-4-6-14(7-5-11)18(22,23)24/h1-8H,9-10H2,(H,25,28)(H,26,27). The SMILES string of the molecule is O=C(CNC(=O)c1cccc(-c2ccc(C(F)(F)F)cc2)c1)NCC(F)(F)F. The van der Waals surface area contributed by atoms with Crippen molar-refractivity contribution in [1.82, 2.24) is 10.6 Å². The predicted octanol–water partition coefficient (Wildman–Crippen LogP) is 3.78. The molecule has 2 aromatic carbocycles. The molecule has 0 bridgehead atoms. The number of halogens is 6. The Morgan fingerprint density at radius 2 is 1.46 bits per heavy atom. The molecule has 0 unspecified atom stereocenters. The highest BCUT2D eigenvalue weighted by molar-refractivity contribution is 5.97. The number of carbonyl (C=O) groups excluding carboxylic acids is 2. The quantitative estimate of drug-likeness (QED) is 0.746. The minimum atomic E-state index is -4.56. The largest absolute Gasteiger partial charge is 0.416 e. The van der Waals surface area contributed by atoms with Crippen LogP contribution in [0, 0.1) is 0 Å². The molecular formula is C18H14F6N2O2. The molecule has 0 aliphatic rings. The summed E-state index contributed by atoms with van der Waals surface area (Å²) in [5.41, 5.74) is 0.185. The summed E-state index contributed by atoms with van der Waals surface area (Å²) in [5.74, 6) is -1.72. The van der Waals surface area contributed by atoms with Gasteiger partial charge in [0.15, 0.2) is 0 Å². The molecule has 28 heavy (non-hydrogen) atoms. The van der Waals surface area contributed by atoms with Crippen LogP contribution < -0.4 is 10.6 Å². The van der Waals surface area contributed by atoms with Crippen LogP contribution in [0.1, 0.15) is 15.9 Å². The highest BCUT2D eigenvalue weighted by Crippen LogP contribution is 2.31. The van der Waals surface area contributed by atoms with Gasteiger partial charge in [-0.2, -0.15) is 26.3 Å². The molecule has 0 saturated carbocycles. The normalized spacial score (nSPS) is 11.8. The van der Waals surface area contributed by atoms with Gasteiger partial charge in [0.05, 0.1) is 12.1 Å². The molecule has 2 N–H and O–H groups in total. The maximum Gasteiger partial charge on any atom is 0.416 e. The zero-order valence-corrected chi connectivity index (χ0v) is 14.1. The van der Waals surface area contributed by atoms with Crippen molar-refractivity contribution in [3.8, 4) is 11.1 Å². The third kappa shape index (κ3) is 6.29. The van der Waals surface area contributed by atoms with Gasteiger partial charge in [-0.3, -0.25) is 9.59 Å². The Labute approximate surface area is 155 Å². The molecule has 0 saturated heterocycles. The molecule has 4 nitrogen and oxygen atoms in total. The maximum absolute atomic E-state index is 12.6. The van der Waals surface area contributed by atoms with E-state index in [1.54, 1.807) is 11.4 Å². The second-order valence-corrected chi connectivity index (χ2v) is 5.73. The van der Waals surface area contributed by atoms with Crippen LogP contribution in [0.5, 0.6) is 0 Å². The summed E-state index contributed by atoms with van der Waals surface area (Å²) in [6.07, 6.45) is -9.03. The van der Waals surface area contributed by atoms with E-state index in [-0.39, 0.29) is 5.56 Å². The summed E-state index contributed by atoms with van der Waals surface area (Å²) in [6, 6.07) is 10.2. The Hall–Kier alpha value is -3.04. The summed E-state index contributed by atoms with van der Waals surface area (Å²) >= 11 is 0.